The van der Waals surface area contributed by atoms with Gasteiger partial charge in [-0.3, -0.25) is 4.99 Å². The summed E-state index contributed by atoms with van der Waals surface area (Å²) in [6.07, 6.45) is 3.99. The summed E-state index contributed by atoms with van der Waals surface area (Å²) in [5.41, 5.74) is 4.55. The number of hydrogen-bond acceptors (Lipinski definition) is 5. The van der Waals surface area contributed by atoms with E-state index in [4.69, 9.17) is 4.74 Å². The zero-order chi connectivity index (χ0) is 22.4. The van der Waals surface area contributed by atoms with Gasteiger partial charge in [0.05, 0.1) is 18.3 Å². The van der Waals surface area contributed by atoms with Crippen molar-refractivity contribution in [3.63, 3.8) is 0 Å². The highest BCUT2D eigenvalue weighted by molar-refractivity contribution is 14.0. The Hall–Kier alpha value is -2.14. The number of thiazole rings is 1. The topological polar surface area (TPSA) is 91.4 Å². The standard InChI is InChI=1S/C23H31N5O2S.HI/c1-6-16-9-8-10-18-17(13-26-19(16)18)11-12-25-23(24-5)28-15(4)21-27-14(3)20(31-21)22(29)30-7-2;/h8-10,13,15,26H,6-7,11-12H2,1-5H3,(H2,24,25,28);1H. The lowest BCUT2D eigenvalue weighted by atomic mass is 10.1. The average molecular weight is 570 g/mol. The smallest absolute Gasteiger partial charge is 0.350 e. The van der Waals surface area contributed by atoms with Crippen molar-refractivity contribution in [2.45, 2.75) is 46.6 Å². The number of guanidine groups is 1. The van der Waals surface area contributed by atoms with Crippen LogP contribution in [-0.2, 0) is 17.6 Å². The largest absolute Gasteiger partial charge is 0.462 e. The third kappa shape index (κ3) is 6.00. The summed E-state index contributed by atoms with van der Waals surface area (Å²) in [5.74, 6) is 0.385. The van der Waals surface area contributed by atoms with Crippen molar-refractivity contribution in [1.29, 1.82) is 0 Å². The first-order chi connectivity index (χ1) is 15.0. The second kappa shape index (κ2) is 12.2. The quantitative estimate of drug-likeness (QED) is 0.158. The summed E-state index contributed by atoms with van der Waals surface area (Å²) in [6, 6.07) is 6.37. The molecule has 0 radical (unpaired) electrons. The number of halogens is 1. The number of hydrogen-bond donors (Lipinski definition) is 3. The van der Waals surface area contributed by atoms with Crippen molar-refractivity contribution in [2.75, 3.05) is 20.2 Å². The van der Waals surface area contributed by atoms with E-state index in [2.05, 4.69) is 56.9 Å². The number of nitrogens with zero attached hydrogens (tertiary/aromatic N) is 2. The monoisotopic (exact) mass is 569 g/mol. The van der Waals surface area contributed by atoms with Crippen LogP contribution in [0.1, 0.15) is 58.3 Å². The first kappa shape index (κ1) is 26.1. The second-order valence-corrected chi connectivity index (χ2v) is 8.34. The van der Waals surface area contributed by atoms with Crippen LogP contribution in [0.2, 0.25) is 0 Å². The minimum Gasteiger partial charge on any atom is -0.462 e. The van der Waals surface area contributed by atoms with Gasteiger partial charge in [-0.05, 0) is 44.7 Å². The zero-order valence-electron chi connectivity index (χ0n) is 19.2. The van der Waals surface area contributed by atoms with Crippen LogP contribution in [0.4, 0.5) is 0 Å². The number of benzene rings is 1. The molecule has 9 heteroatoms. The fourth-order valence-electron chi connectivity index (χ4n) is 3.54. The molecule has 32 heavy (non-hydrogen) atoms. The number of aromatic nitrogens is 2. The molecular weight excluding hydrogens is 537 g/mol. The molecule has 0 aliphatic rings. The summed E-state index contributed by atoms with van der Waals surface area (Å²) in [6.45, 7) is 8.91. The van der Waals surface area contributed by atoms with Gasteiger partial charge < -0.3 is 20.4 Å². The number of para-hydroxylation sites is 1. The molecule has 0 aliphatic carbocycles. The van der Waals surface area contributed by atoms with Crippen LogP contribution in [0.25, 0.3) is 10.9 Å². The Kier molecular flexibility index (Phi) is 9.95. The highest BCUT2D eigenvalue weighted by Crippen LogP contribution is 2.24. The summed E-state index contributed by atoms with van der Waals surface area (Å²) in [7, 11) is 1.75. The molecule has 0 spiro atoms. The van der Waals surface area contributed by atoms with Crippen molar-refractivity contribution >= 4 is 58.1 Å². The predicted octanol–water partition coefficient (Wildman–Crippen LogP) is 4.76. The lowest BCUT2D eigenvalue weighted by Gasteiger charge is -2.16. The maximum absolute atomic E-state index is 12.1. The van der Waals surface area contributed by atoms with E-state index in [-0.39, 0.29) is 36.0 Å². The number of ether oxygens (including phenoxy) is 1. The maximum Gasteiger partial charge on any atom is 0.350 e. The van der Waals surface area contributed by atoms with Gasteiger partial charge in [0.2, 0.25) is 0 Å². The molecule has 0 saturated heterocycles. The van der Waals surface area contributed by atoms with E-state index in [1.165, 1.54) is 33.4 Å². The number of H-pyrrole nitrogens is 1. The lowest BCUT2D eigenvalue weighted by molar-refractivity contribution is 0.0531. The molecule has 2 heterocycles. The number of fused-ring (bicyclic) bond motifs is 1. The highest BCUT2D eigenvalue weighted by Gasteiger charge is 2.20. The van der Waals surface area contributed by atoms with Crippen molar-refractivity contribution < 1.29 is 9.53 Å². The fraction of sp³-hybridized carbons (Fsp3) is 0.435. The summed E-state index contributed by atoms with van der Waals surface area (Å²) in [4.78, 5) is 24.9. The zero-order valence-corrected chi connectivity index (χ0v) is 22.4. The molecular formula is C23H32IN5O2S. The Labute approximate surface area is 210 Å². The van der Waals surface area contributed by atoms with Gasteiger partial charge in [0.25, 0.3) is 0 Å². The maximum atomic E-state index is 12.1. The van der Waals surface area contributed by atoms with E-state index < -0.39 is 0 Å². The van der Waals surface area contributed by atoms with Gasteiger partial charge >= 0.3 is 5.97 Å². The molecule has 0 amide bonds. The molecule has 0 fully saturated rings. The lowest BCUT2D eigenvalue weighted by Crippen LogP contribution is -2.39. The number of aryl methyl sites for hydroxylation is 2. The van der Waals surface area contributed by atoms with Gasteiger partial charge in [0.1, 0.15) is 9.88 Å². The SMILES string of the molecule is CCOC(=O)c1sc(C(C)NC(=NC)NCCc2c[nH]c3c(CC)cccc23)nc1C.I. The number of aromatic amines is 1. The van der Waals surface area contributed by atoms with E-state index in [0.717, 1.165) is 24.4 Å². The Morgan fingerprint density at radius 2 is 2.09 bits per heavy atom. The average Bonchev–Trinajstić information content (AvgIpc) is 3.36. The number of carbonyl (C=O) groups excluding carboxylic acids is 1. The number of carbonyl (C=O) groups is 1. The van der Waals surface area contributed by atoms with Gasteiger partial charge in [0.15, 0.2) is 5.96 Å². The highest BCUT2D eigenvalue weighted by atomic mass is 127. The Balaban J connectivity index is 0.00000363. The van der Waals surface area contributed by atoms with Crippen molar-refractivity contribution in [3.8, 4) is 0 Å². The van der Waals surface area contributed by atoms with Crippen LogP contribution in [0.5, 0.6) is 0 Å². The minimum atomic E-state index is -0.316. The van der Waals surface area contributed by atoms with E-state index in [1.807, 2.05) is 13.8 Å². The van der Waals surface area contributed by atoms with Gasteiger partial charge in [-0.25, -0.2) is 9.78 Å². The molecule has 0 aliphatic heterocycles. The molecule has 2 aromatic heterocycles. The van der Waals surface area contributed by atoms with Crippen molar-refractivity contribution in [3.05, 3.63) is 51.1 Å². The second-order valence-electron chi connectivity index (χ2n) is 7.31. The molecule has 1 atom stereocenters. The molecule has 0 saturated carbocycles. The van der Waals surface area contributed by atoms with E-state index in [1.54, 1.807) is 14.0 Å². The van der Waals surface area contributed by atoms with Crippen molar-refractivity contribution in [2.24, 2.45) is 4.99 Å². The van der Waals surface area contributed by atoms with Crippen LogP contribution >= 0.6 is 35.3 Å². The van der Waals surface area contributed by atoms with Gasteiger partial charge in [0, 0.05) is 30.7 Å². The van der Waals surface area contributed by atoms with Gasteiger partial charge in [-0.15, -0.1) is 35.3 Å². The Morgan fingerprint density at radius 3 is 2.78 bits per heavy atom. The Morgan fingerprint density at radius 1 is 1.31 bits per heavy atom. The van der Waals surface area contributed by atoms with Crippen LogP contribution < -0.4 is 10.6 Å². The third-order valence-electron chi connectivity index (χ3n) is 5.18. The molecule has 3 N–H and O–H groups in total. The molecule has 3 rings (SSSR count). The van der Waals surface area contributed by atoms with E-state index in [0.29, 0.717) is 23.1 Å². The Bertz CT molecular complexity index is 1080. The molecule has 7 nitrogen and oxygen atoms in total. The predicted molar refractivity (Wildman–Crippen MR) is 143 cm³/mol. The van der Waals surface area contributed by atoms with E-state index in [9.17, 15) is 4.79 Å². The molecule has 174 valence electrons. The molecule has 3 aromatic rings. The minimum absolute atomic E-state index is 0. The van der Waals surface area contributed by atoms with Crippen LogP contribution in [0.15, 0.2) is 29.4 Å². The molecule has 1 unspecified atom stereocenters. The third-order valence-corrected chi connectivity index (χ3v) is 6.50. The van der Waals surface area contributed by atoms with Gasteiger partial charge in [-0.2, -0.15) is 0 Å². The number of esters is 1. The first-order valence-electron chi connectivity index (χ1n) is 10.7. The molecule has 1 aromatic carbocycles. The number of rotatable bonds is 8. The summed E-state index contributed by atoms with van der Waals surface area (Å²) >= 11 is 1.36. The summed E-state index contributed by atoms with van der Waals surface area (Å²) < 4.78 is 5.11. The number of aliphatic imine (C=N–C) groups is 1. The fourth-order valence-corrected chi connectivity index (χ4v) is 4.51. The van der Waals surface area contributed by atoms with Crippen molar-refractivity contribution in [1.82, 2.24) is 20.6 Å². The normalized spacial score (nSPS) is 12.3. The summed E-state index contributed by atoms with van der Waals surface area (Å²) in [5, 5.41) is 8.84. The van der Waals surface area contributed by atoms with Crippen LogP contribution in [-0.4, -0.2) is 42.1 Å². The van der Waals surface area contributed by atoms with Crippen LogP contribution in [0, 0.1) is 6.92 Å². The molecule has 0 bridgehead atoms. The van der Waals surface area contributed by atoms with Crippen LogP contribution in [0.3, 0.4) is 0 Å². The number of nitrogens with one attached hydrogen (secondary N) is 3. The van der Waals surface area contributed by atoms with Gasteiger partial charge in [-0.1, -0.05) is 25.1 Å². The first-order valence-corrected chi connectivity index (χ1v) is 11.5. The van der Waals surface area contributed by atoms with E-state index >= 15 is 0 Å².